The largest absolute Gasteiger partial charge is 1.00 e. The van der Waals surface area contributed by atoms with Crippen LogP contribution in [0.25, 0.3) is 0 Å². The summed E-state index contributed by atoms with van der Waals surface area (Å²) in [6.45, 7) is -1.37. The molecule has 0 spiro atoms. The summed E-state index contributed by atoms with van der Waals surface area (Å²) < 4.78 is 53.5. The van der Waals surface area contributed by atoms with Gasteiger partial charge in [-0.15, -0.1) is 0 Å². The molecule has 0 saturated heterocycles. The van der Waals surface area contributed by atoms with Gasteiger partial charge in [0.05, 0.1) is 0 Å². The van der Waals surface area contributed by atoms with Crippen LogP contribution in [0.1, 0.15) is 0 Å². The van der Waals surface area contributed by atoms with Crippen LogP contribution in [0.15, 0.2) is 0 Å². The molecule has 10 heavy (non-hydrogen) atoms. The summed E-state index contributed by atoms with van der Waals surface area (Å²) in [7, 11) is -4.95. The molecule has 0 bridgehead atoms. The molecule has 0 atom stereocenters. The number of halogens is 2. The molecular weight excluding hydrogens is 165 g/mol. The molecule has 0 aliphatic heterocycles. The second-order valence-corrected chi connectivity index (χ2v) is 2.14. The van der Waals surface area contributed by atoms with E-state index in [1.54, 1.807) is 0 Å². The SMILES string of the molecule is O=S(=O)([O-])OCC(F)F.[Li+]. The van der Waals surface area contributed by atoms with Crippen molar-refractivity contribution >= 4 is 10.4 Å². The van der Waals surface area contributed by atoms with Crippen LogP contribution in [0.5, 0.6) is 0 Å². The van der Waals surface area contributed by atoms with Gasteiger partial charge in [-0.05, 0) is 0 Å². The monoisotopic (exact) mass is 168 g/mol. The summed E-state index contributed by atoms with van der Waals surface area (Å²) in [6.07, 6.45) is -2.94. The van der Waals surface area contributed by atoms with Crippen molar-refractivity contribution in [2.45, 2.75) is 6.43 Å². The number of hydrogen-bond acceptors (Lipinski definition) is 4. The first-order chi connectivity index (χ1) is 3.92. The maximum absolute atomic E-state index is 11.0. The molecule has 8 heteroatoms. The second kappa shape index (κ2) is 5.04. The van der Waals surface area contributed by atoms with Gasteiger partial charge in [0.25, 0.3) is 6.43 Å². The Labute approximate surface area is 68.7 Å². The Hall–Kier alpha value is 0.327. The van der Waals surface area contributed by atoms with Gasteiger partial charge in [0, 0.05) is 0 Å². The minimum atomic E-state index is -4.95. The number of alkyl halides is 2. The van der Waals surface area contributed by atoms with Crippen LogP contribution in [0.2, 0.25) is 0 Å². The quantitative estimate of drug-likeness (QED) is 0.252. The van der Waals surface area contributed by atoms with Crippen LogP contribution in [0.4, 0.5) is 8.78 Å². The summed E-state index contributed by atoms with van der Waals surface area (Å²) in [5, 5.41) is 0. The zero-order valence-corrected chi connectivity index (χ0v) is 5.90. The van der Waals surface area contributed by atoms with Crippen LogP contribution in [-0.4, -0.2) is 26.0 Å². The third kappa shape index (κ3) is 11.2. The van der Waals surface area contributed by atoms with Crippen molar-refractivity contribution in [3.63, 3.8) is 0 Å². The van der Waals surface area contributed by atoms with Crippen LogP contribution >= 0.6 is 0 Å². The normalized spacial score (nSPS) is 11.2. The zero-order chi connectivity index (χ0) is 7.49. The predicted molar refractivity (Wildman–Crippen MR) is 21.7 cm³/mol. The molecule has 56 valence electrons. The third-order valence-electron chi connectivity index (χ3n) is 0.338. The molecule has 0 radical (unpaired) electrons. The van der Waals surface area contributed by atoms with Gasteiger partial charge in [-0.2, -0.15) is 0 Å². The van der Waals surface area contributed by atoms with Gasteiger partial charge >= 0.3 is 18.9 Å². The Bertz CT molecular complexity index is 166. The minimum Gasteiger partial charge on any atom is -0.726 e. The fraction of sp³-hybridized carbons (Fsp3) is 1.00. The van der Waals surface area contributed by atoms with E-state index in [1.807, 2.05) is 0 Å². The maximum atomic E-state index is 11.0. The smallest absolute Gasteiger partial charge is 0.726 e. The Morgan fingerprint density at radius 1 is 1.50 bits per heavy atom. The molecule has 0 aromatic carbocycles. The Morgan fingerprint density at radius 2 is 1.90 bits per heavy atom. The van der Waals surface area contributed by atoms with Crippen LogP contribution in [0.3, 0.4) is 0 Å². The van der Waals surface area contributed by atoms with Gasteiger partial charge < -0.3 is 4.55 Å². The predicted octanol–water partition coefficient (Wildman–Crippen LogP) is -3.27. The van der Waals surface area contributed by atoms with Crippen molar-refractivity contribution in [1.82, 2.24) is 0 Å². The van der Waals surface area contributed by atoms with Gasteiger partial charge in [-0.25, -0.2) is 17.2 Å². The fourth-order valence-electron chi connectivity index (χ4n) is 0.135. The van der Waals surface area contributed by atoms with Crippen LogP contribution in [-0.2, 0) is 14.6 Å². The fourth-order valence-corrected chi connectivity index (χ4v) is 0.404. The average Bonchev–Trinajstić information content (AvgIpc) is 1.59. The van der Waals surface area contributed by atoms with Gasteiger partial charge in [0.15, 0.2) is 0 Å². The van der Waals surface area contributed by atoms with Gasteiger partial charge in [0.2, 0.25) is 10.4 Å². The van der Waals surface area contributed by atoms with Crippen molar-refractivity contribution in [3.05, 3.63) is 0 Å². The Kier molecular flexibility index (Phi) is 6.53. The van der Waals surface area contributed by atoms with E-state index in [2.05, 4.69) is 4.18 Å². The summed E-state index contributed by atoms with van der Waals surface area (Å²) in [6, 6.07) is 0. The van der Waals surface area contributed by atoms with Crippen molar-refractivity contribution in [2.24, 2.45) is 0 Å². The van der Waals surface area contributed by atoms with Gasteiger partial charge in [0.1, 0.15) is 6.61 Å². The molecule has 0 amide bonds. The van der Waals surface area contributed by atoms with E-state index in [0.717, 1.165) is 0 Å². The first-order valence-electron chi connectivity index (χ1n) is 1.80. The van der Waals surface area contributed by atoms with Gasteiger partial charge in [-0.1, -0.05) is 0 Å². The average molecular weight is 168 g/mol. The van der Waals surface area contributed by atoms with Crippen molar-refractivity contribution < 1.29 is 44.8 Å². The molecule has 0 heterocycles. The molecule has 0 fully saturated rings. The van der Waals surface area contributed by atoms with Gasteiger partial charge in [-0.3, -0.25) is 4.18 Å². The van der Waals surface area contributed by atoms with E-state index in [9.17, 15) is 21.8 Å². The second-order valence-electron chi connectivity index (χ2n) is 1.08. The standard InChI is InChI=1S/C2H4F2O4S.Li/c3-2(4)1-8-9(5,6)7;/h2H,1H2,(H,5,6,7);/q;+1/p-1. The molecular formula is C2H3F2LiO4S. The van der Waals surface area contributed by atoms with E-state index >= 15 is 0 Å². The minimum absolute atomic E-state index is 0. The van der Waals surface area contributed by atoms with E-state index in [-0.39, 0.29) is 18.9 Å². The molecule has 0 aromatic heterocycles. The van der Waals surface area contributed by atoms with E-state index in [1.165, 1.54) is 0 Å². The summed E-state index contributed by atoms with van der Waals surface area (Å²) >= 11 is 0. The number of rotatable bonds is 3. The summed E-state index contributed by atoms with van der Waals surface area (Å²) in [4.78, 5) is 0. The summed E-state index contributed by atoms with van der Waals surface area (Å²) in [5.74, 6) is 0. The first-order valence-corrected chi connectivity index (χ1v) is 3.13. The molecule has 0 unspecified atom stereocenters. The van der Waals surface area contributed by atoms with E-state index in [0.29, 0.717) is 0 Å². The topological polar surface area (TPSA) is 66.4 Å². The van der Waals surface area contributed by atoms with Crippen molar-refractivity contribution in [1.29, 1.82) is 0 Å². The van der Waals surface area contributed by atoms with Crippen molar-refractivity contribution in [2.75, 3.05) is 6.61 Å². The zero-order valence-electron chi connectivity index (χ0n) is 5.08. The van der Waals surface area contributed by atoms with Crippen molar-refractivity contribution in [3.8, 4) is 0 Å². The Morgan fingerprint density at radius 3 is 2.00 bits per heavy atom. The number of hydrogen-bond donors (Lipinski definition) is 0. The Balaban J connectivity index is 0. The first kappa shape index (κ1) is 13.0. The molecule has 0 N–H and O–H groups in total. The molecule has 4 nitrogen and oxygen atoms in total. The third-order valence-corrected chi connectivity index (χ3v) is 0.763. The van der Waals surface area contributed by atoms with E-state index in [4.69, 9.17) is 0 Å². The summed E-state index contributed by atoms with van der Waals surface area (Å²) in [5.41, 5.74) is 0. The van der Waals surface area contributed by atoms with E-state index < -0.39 is 23.4 Å². The van der Waals surface area contributed by atoms with Crippen LogP contribution in [0, 0.1) is 0 Å². The molecule has 0 aliphatic rings. The van der Waals surface area contributed by atoms with Crippen LogP contribution < -0.4 is 18.9 Å². The molecule has 0 saturated carbocycles. The molecule has 0 aliphatic carbocycles. The molecule has 0 rings (SSSR count). The molecule has 0 aromatic rings. The maximum Gasteiger partial charge on any atom is 1.00 e.